The minimum absolute atomic E-state index is 0.0712. The van der Waals surface area contributed by atoms with Crippen LogP contribution >= 0.6 is 11.8 Å². The van der Waals surface area contributed by atoms with Gasteiger partial charge in [-0.1, -0.05) is 30.1 Å². The average Bonchev–Trinajstić information content (AvgIpc) is 3.77. The molecule has 5 aliphatic rings. The first kappa shape index (κ1) is 43.1. The number of aliphatic hydroxyl groups excluding tert-OH is 2. The predicted octanol–water partition coefficient (Wildman–Crippen LogP) is 8.86. The smallest absolute Gasteiger partial charge is 0.254 e. The van der Waals surface area contributed by atoms with Gasteiger partial charge in [-0.15, -0.1) is 18.3 Å². The van der Waals surface area contributed by atoms with Crippen molar-refractivity contribution in [3.05, 3.63) is 96.1 Å². The van der Waals surface area contributed by atoms with E-state index in [2.05, 4.69) is 18.7 Å². The zero-order valence-corrected chi connectivity index (χ0v) is 36.0. The second-order valence-electron chi connectivity index (χ2n) is 16.4. The van der Waals surface area contributed by atoms with Crippen LogP contribution in [0.25, 0.3) is 0 Å². The molecule has 8 rings (SSSR count). The van der Waals surface area contributed by atoms with Gasteiger partial charge in [-0.05, 0) is 123 Å². The first-order valence-corrected chi connectivity index (χ1v) is 22.9. The van der Waals surface area contributed by atoms with Gasteiger partial charge in [0.1, 0.15) is 23.3 Å². The Kier molecular flexibility index (Phi) is 13.9. The lowest BCUT2D eigenvalue weighted by atomic mass is 9.55. The SMILES string of the molecule is C=CCOC12Oc3ccc(Oc4ccc(SC)cc4)cc3C3C(CCCCO)C(CCCCO)C=C(C(=NOC4CCCCO4)CC1N(C)C(=O)c1ccc4c(c1)OCO4)C32. The van der Waals surface area contributed by atoms with E-state index >= 15 is 0 Å². The third-order valence-electron chi connectivity index (χ3n) is 12.8. The van der Waals surface area contributed by atoms with E-state index < -0.39 is 24.0 Å². The van der Waals surface area contributed by atoms with Crippen molar-refractivity contribution >= 4 is 23.4 Å². The second kappa shape index (κ2) is 19.7. The zero-order chi connectivity index (χ0) is 42.3. The van der Waals surface area contributed by atoms with E-state index in [-0.39, 0.29) is 56.7 Å². The molecule has 12 nitrogen and oxygen atoms in total. The standard InChI is InChI=1S/C48H58N2O10S/c1-4-24-57-48-43(50(2)47(53)32-14-20-41-42(27-32)56-30-55-41)29-39(49-60-44-13-7-10-25-54-44)37-26-31(11-5-8-22-51)36(12-6-9-23-52)45(46(37)48)38-28-34(17-21-40(38)59-48)58-33-15-18-35(61-3)19-16-33/h4,14-21,26-28,31,36,43-46,51-52H,1,5-13,22-25,29-30H2,2-3H3. The number of unbranched alkanes of at least 4 members (excludes halogenated alkanes) is 2. The van der Waals surface area contributed by atoms with Gasteiger partial charge in [0.05, 0.1) is 24.8 Å². The number of carbonyl (C=O) groups is 1. The molecule has 1 saturated carbocycles. The lowest BCUT2D eigenvalue weighted by molar-refractivity contribution is -0.252. The summed E-state index contributed by atoms with van der Waals surface area (Å²) in [5, 5.41) is 24.8. The van der Waals surface area contributed by atoms with Gasteiger partial charge in [0.25, 0.3) is 5.91 Å². The number of thioether (sulfide) groups is 1. The molecule has 0 spiro atoms. The Morgan fingerprint density at radius 1 is 0.967 bits per heavy atom. The van der Waals surface area contributed by atoms with Crippen molar-refractivity contribution in [3.63, 3.8) is 0 Å². The van der Waals surface area contributed by atoms with Crippen molar-refractivity contribution in [2.24, 2.45) is 22.9 Å². The van der Waals surface area contributed by atoms with Crippen LogP contribution in [0.4, 0.5) is 0 Å². The molecule has 3 aromatic rings. The number of carbonyl (C=O) groups excluding carboxylic acids is 1. The predicted molar refractivity (Wildman–Crippen MR) is 233 cm³/mol. The minimum Gasteiger partial charge on any atom is -0.459 e. The topological polar surface area (TPSA) is 138 Å². The molecule has 0 aromatic heterocycles. The maximum absolute atomic E-state index is 14.8. The fraction of sp³-hybridized carbons (Fsp3) is 0.500. The second-order valence-corrected chi connectivity index (χ2v) is 17.3. The number of aliphatic hydroxyl groups is 2. The summed E-state index contributed by atoms with van der Waals surface area (Å²) < 4.78 is 38.2. The van der Waals surface area contributed by atoms with Gasteiger partial charge >= 0.3 is 0 Å². The van der Waals surface area contributed by atoms with Crippen LogP contribution in [0.1, 0.15) is 86.0 Å². The highest BCUT2D eigenvalue weighted by atomic mass is 32.2. The Morgan fingerprint density at radius 3 is 2.49 bits per heavy atom. The first-order chi connectivity index (χ1) is 29.9. The first-order valence-electron chi connectivity index (χ1n) is 21.7. The van der Waals surface area contributed by atoms with Crippen LogP contribution in [0.3, 0.4) is 0 Å². The summed E-state index contributed by atoms with van der Waals surface area (Å²) >= 11 is 1.68. The lowest BCUT2D eigenvalue weighted by Crippen LogP contribution is -2.69. The monoisotopic (exact) mass is 854 g/mol. The molecular formula is C48H58N2O10S. The van der Waals surface area contributed by atoms with Gasteiger partial charge in [-0.25, -0.2) is 0 Å². The number of amides is 1. The minimum atomic E-state index is -1.39. The number of likely N-dealkylation sites (N-methyl/N-ethyl adjacent to an activating group) is 1. The number of hydrogen-bond acceptors (Lipinski definition) is 12. The molecule has 7 atom stereocenters. The molecule has 2 N–H and O–H groups in total. The fourth-order valence-electron chi connectivity index (χ4n) is 9.86. The highest BCUT2D eigenvalue weighted by molar-refractivity contribution is 7.98. The molecule has 1 amide bonds. The Labute approximate surface area is 362 Å². The molecule has 3 aliphatic heterocycles. The lowest BCUT2D eigenvalue weighted by Gasteiger charge is -2.59. The molecular weight excluding hydrogens is 797 g/mol. The molecule has 13 heteroatoms. The Bertz CT molecular complexity index is 2070. The number of ether oxygens (including phenoxy) is 6. The zero-order valence-electron chi connectivity index (χ0n) is 35.2. The summed E-state index contributed by atoms with van der Waals surface area (Å²) in [5.41, 5.74) is 3.09. The fourth-order valence-corrected chi connectivity index (χ4v) is 10.3. The van der Waals surface area contributed by atoms with Crippen molar-refractivity contribution in [3.8, 4) is 28.7 Å². The van der Waals surface area contributed by atoms with Crippen LogP contribution < -0.4 is 18.9 Å². The van der Waals surface area contributed by atoms with Crippen LogP contribution in [0.5, 0.6) is 28.7 Å². The van der Waals surface area contributed by atoms with Crippen molar-refractivity contribution < 1.29 is 48.3 Å². The highest BCUT2D eigenvalue weighted by Crippen LogP contribution is 2.62. The number of benzene rings is 3. The van der Waals surface area contributed by atoms with Crippen LogP contribution in [-0.2, 0) is 14.3 Å². The van der Waals surface area contributed by atoms with Crippen LogP contribution in [0.2, 0.25) is 0 Å². The van der Waals surface area contributed by atoms with Crippen molar-refractivity contribution in [2.75, 3.05) is 46.5 Å². The maximum atomic E-state index is 14.8. The van der Waals surface area contributed by atoms with Crippen LogP contribution in [-0.4, -0.2) is 91.4 Å². The van der Waals surface area contributed by atoms with E-state index in [0.29, 0.717) is 53.7 Å². The van der Waals surface area contributed by atoms with E-state index in [0.717, 1.165) is 66.7 Å². The quantitative estimate of drug-likeness (QED) is 0.0550. The van der Waals surface area contributed by atoms with E-state index in [1.807, 2.05) is 42.7 Å². The summed E-state index contributed by atoms with van der Waals surface area (Å²) in [6.45, 7) is 5.12. The number of oxime groups is 1. The van der Waals surface area contributed by atoms with Gasteiger partial charge in [-0.3, -0.25) is 4.79 Å². The van der Waals surface area contributed by atoms with E-state index in [4.69, 9.17) is 38.4 Å². The molecule has 1 saturated heterocycles. The molecule has 3 heterocycles. The molecule has 7 unspecified atom stereocenters. The normalized spacial score (nSPS) is 26.7. The molecule has 3 aromatic carbocycles. The highest BCUT2D eigenvalue weighted by Gasteiger charge is 2.65. The number of rotatable bonds is 18. The van der Waals surface area contributed by atoms with Crippen molar-refractivity contribution in [2.45, 2.75) is 93.1 Å². The van der Waals surface area contributed by atoms with Gasteiger partial charge in [0.15, 0.2) is 11.5 Å². The summed E-state index contributed by atoms with van der Waals surface area (Å²) in [7, 11) is 1.79. The van der Waals surface area contributed by atoms with E-state index in [1.54, 1.807) is 48.0 Å². The molecule has 0 radical (unpaired) electrons. The maximum Gasteiger partial charge on any atom is 0.254 e. The summed E-state index contributed by atoms with van der Waals surface area (Å²) in [4.78, 5) is 23.9. The number of hydrogen-bond donors (Lipinski definition) is 2. The third kappa shape index (κ3) is 9.04. The van der Waals surface area contributed by atoms with Crippen LogP contribution in [0, 0.1) is 17.8 Å². The number of allylic oxidation sites excluding steroid dienone is 1. The van der Waals surface area contributed by atoms with E-state index in [1.165, 1.54) is 0 Å². The average molecular weight is 855 g/mol. The van der Waals surface area contributed by atoms with Gasteiger partial charge < -0.3 is 48.4 Å². The Hall–Kier alpha value is -4.53. The largest absolute Gasteiger partial charge is 0.459 e. The van der Waals surface area contributed by atoms with Gasteiger partial charge in [0, 0.05) is 55.0 Å². The molecule has 61 heavy (non-hydrogen) atoms. The Balaban J connectivity index is 1.29. The number of fused-ring (bicyclic) bond motifs is 3. The van der Waals surface area contributed by atoms with Crippen LogP contribution in [0.15, 0.2) is 95.0 Å². The number of nitrogens with zero attached hydrogens (tertiary/aromatic N) is 2. The molecule has 326 valence electrons. The third-order valence-corrected chi connectivity index (χ3v) is 13.5. The summed E-state index contributed by atoms with van der Waals surface area (Å²) in [6, 6.07) is 18.6. The molecule has 2 fully saturated rings. The molecule has 2 aliphatic carbocycles. The van der Waals surface area contributed by atoms with Gasteiger partial charge in [-0.2, -0.15) is 0 Å². The summed E-state index contributed by atoms with van der Waals surface area (Å²) in [5.74, 6) is 1.04. The van der Waals surface area contributed by atoms with Crippen molar-refractivity contribution in [1.29, 1.82) is 0 Å². The van der Waals surface area contributed by atoms with Gasteiger partial charge in [0.2, 0.25) is 18.9 Å². The van der Waals surface area contributed by atoms with Crippen molar-refractivity contribution in [1.82, 2.24) is 4.90 Å². The summed E-state index contributed by atoms with van der Waals surface area (Å²) in [6.07, 6.45) is 13.3. The molecule has 0 bridgehead atoms. The van der Waals surface area contributed by atoms with E-state index in [9.17, 15) is 15.0 Å². The Morgan fingerprint density at radius 2 is 1.74 bits per heavy atom.